The summed E-state index contributed by atoms with van der Waals surface area (Å²) < 4.78 is 16.9. The molecule has 10 heteroatoms. The number of nitrogens with zero attached hydrogens (tertiary/aromatic N) is 1. The fraction of sp³-hybridized carbons (Fsp3) is 0.610. The van der Waals surface area contributed by atoms with Crippen LogP contribution in [0.25, 0.3) is 6.08 Å². The van der Waals surface area contributed by atoms with E-state index in [0.29, 0.717) is 31.8 Å². The van der Waals surface area contributed by atoms with Crippen LogP contribution < -0.4 is 15.4 Å². The van der Waals surface area contributed by atoms with E-state index < -0.39 is 41.9 Å². The first kappa shape index (κ1) is 38.8. The minimum Gasteiger partial charge on any atom is -0.492 e. The molecule has 5 atom stereocenters. The largest absolute Gasteiger partial charge is 0.492 e. The number of allylic oxidation sites excluding steroid dienone is 1. The quantitative estimate of drug-likeness (QED) is 0.183. The molecule has 1 saturated carbocycles. The van der Waals surface area contributed by atoms with E-state index in [4.69, 9.17) is 14.2 Å². The highest BCUT2D eigenvalue weighted by Crippen LogP contribution is 2.33. The summed E-state index contributed by atoms with van der Waals surface area (Å²) in [6, 6.07) is 14.6. The van der Waals surface area contributed by atoms with Crippen LogP contribution in [0, 0.1) is 11.8 Å². The molecule has 1 aliphatic heterocycles. The second-order valence-electron chi connectivity index (χ2n) is 15.5. The first-order chi connectivity index (χ1) is 24.5. The Bertz CT molecular complexity index is 1410. The van der Waals surface area contributed by atoms with Gasteiger partial charge in [0, 0.05) is 32.0 Å². The number of aliphatic hydroxyl groups is 2. The molecule has 1 saturated heterocycles. The fourth-order valence-electron chi connectivity index (χ4n) is 7.50. The highest BCUT2D eigenvalue weighted by molar-refractivity contribution is 5.80. The molecule has 0 bridgehead atoms. The van der Waals surface area contributed by atoms with Gasteiger partial charge in [-0.3, -0.25) is 9.69 Å². The zero-order valence-corrected chi connectivity index (χ0v) is 30.7. The molecule has 51 heavy (non-hydrogen) atoms. The molecular formula is C41H59N3O7. The molecule has 2 aromatic carbocycles. The SMILES string of the molecule is CC(C)(C)OC(=O)N[C@@H](CC1CCCCC1)[C@@H](O)C[C@@H](CC=Cc1ccc(OCCN2CCOCC2)cc1)C(=O)N[C@H]1c2ccccc2C[C@H]1O. The van der Waals surface area contributed by atoms with Gasteiger partial charge in [0.05, 0.1) is 37.5 Å². The van der Waals surface area contributed by atoms with Crippen molar-refractivity contribution < 1.29 is 34.0 Å². The summed E-state index contributed by atoms with van der Waals surface area (Å²) in [5.74, 6) is 0.347. The maximum Gasteiger partial charge on any atom is 0.407 e. The van der Waals surface area contributed by atoms with Crippen LogP contribution in [0.15, 0.2) is 54.6 Å². The number of rotatable bonds is 15. The van der Waals surface area contributed by atoms with E-state index in [2.05, 4.69) is 15.5 Å². The highest BCUT2D eigenvalue weighted by Gasteiger charge is 2.35. The molecule has 2 fully saturated rings. The number of carbonyl (C=O) groups excluding carboxylic acids is 2. The van der Waals surface area contributed by atoms with E-state index in [1.807, 2.05) is 81.5 Å². The lowest BCUT2D eigenvalue weighted by Crippen LogP contribution is -2.48. The summed E-state index contributed by atoms with van der Waals surface area (Å²) in [5.41, 5.74) is 2.23. The van der Waals surface area contributed by atoms with Gasteiger partial charge >= 0.3 is 6.09 Å². The van der Waals surface area contributed by atoms with Gasteiger partial charge in [-0.15, -0.1) is 0 Å². The van der Waals surface area contributed by atoms with Gasteiger partial charge < -0.3 is 35.1 Å². The van der Waals surface area contributed by atoms with E-state index in [-0.39, 0.29) is 12.3 Å². The first-order valence-corrected chi connectivity index (χ1v) is 19.0. The summed E-state index contributed by atoms with van der Waals surface area (Å²) in [7, 11) is 0. The number of carbonyl (C=O) groups is 2. The molecule has 0 unspecified atom stereocenters. The van der Waals surface area contributed by atoms with E-state index >= 15 is 0 Å². The lowest BCUT2D eigenvalue weighted by molar-refractivity contribution is -0.127. The van der Waals surface area contributed by atoms with Crippen molar-refractivity contribution in [2.24, 2.45) is 11.8 Å². The van der Waals surface area contributed by atoms with Crippen molar-refractivity contribution in [1.82, 2.24) is 15.5 Å². The van der Waals surface area contributed by atoms with Crippen LogP contribution in [0.2, 0.25) is 0 Å². The van der Waals surface area contributed by atoms with Gasteiger partial charge in [-0.1, -0.05) is 80.7 Å². The van der Waals surface area contributed by atoms with E-state index in [0.717, 1.165) is 81.0 Å². The van der Waals surface area contributed by atoms with Gasteiger partial charge in [0.25, 0.3) is 0 Å². The minimum atomic E-state index is -0.974. The molecule has 280 valence electrons. The number of nitrogens with one attached hydrogen (secondary N) is 2. The third-order valence-electron chi connectivity index (χ3n) is 10.3. The predicted octanol–water partition coefficient (Wildman–Crippen LogP) is 5.81. The van der Waals surface area contributed by atoms with Crippen molar-refractivity contribution in [1.29, 1.82) is 0 Å². The van der Waals surface area contributed by atoms with E-state index in [9.17, 15) is 19.8 Å². The van der Waals surface area contributed by atoms with Crippen LogP contribution in [-0.2, 0) is 20.7 Å². The van der Waals surface area contributed by atoms with Crippen LogP contribution in [0.1, 0.15) is 94.9 Å². The third-order valence-corrected chi connectivity index (χ3v) is 10.3. The Morgan fingerprint density at radius 2 is 1.76 bits per heavy atom. The van der Waals surface area contributed by atoms with Gasteiger partial charge in [-0.25, -0.2) is 4.79 Å². The Hall–Kier alpha value is -3.44. The van der Waals surface area contributed by atoms with Gasteiger partial charge in [0.15, 0.2) is 0 Å². The standard InChI is InChI=1S/C41H59N3O7/c1-41(2,3)51-40(48)42-35(26-30-10-5-4-6-11-30)36(45)28-32(39(47)43-38-34-15-8-7-13-31(34)27-37(38)46)14-9-12-29-16-18-33(19-17-29)50-25-22-44-20-23-49-24-21-44/h7-9,12-13,15-19,30,32,35-38,45-46H,4-6,10-11,14,20-28H2,1-3H3,(H,42,48)(H,43,47)/t32-,35+,36+,37-,38+/m1/s1. The first-order valence-electron chi connectivity index (χ1n) is 19.0. The summed E-state index contributed by atoms with van der Waals surface area (Å²) in [6.07, 6.45) is 8.89. The third kappa shape index (κ3) is 12.3. The molecule has 0 radical (unpaired) electrons. The topological polar surface area (TPSA) is 130 Å². The van der Waals surface area contributed by atoms with E-state index in [1.54, 1.807) is 0 Å². The predicted molar refractivity (Wildman–Crippen MR) is 198 cm³/mol. The van der Waals surface area contributed by atoms with Crippen LogP contribution in [0.4, 0.5) is 4.79 Å². The van der Waals surface area contributed by atoms with Crippen molar-refractivity contribution >= 4 is 18.1 Å². The van der Waals surface area contributed by atoms with Gasteiger partial charge in [-0.2, -0.15) is 0 Å². The van der Waals surface area contributed by atoms with Crippen molar-refractivity contribution in [3.8, 4) is 5.75 Å². The average molecular weight is 706 g/mol. The normalized spacial score (nSPS) is 21.8. The lowest BCUT2D eigenvalue weighted by atomic mass is 9.82. The van der Waals surface area contributed by atoms with Gasteiger partial charge in [-0.05, 0) is 74.8 Å². The zero-order valence-electron chi connectivity index (χ0n) is 30.7. The Morgan fingerprint density at radius 3 is 2.49 bits per heavy atom. The summed E-state index contributed by atoms with van der Waals surface area (Å²) in [4.78, 5) is 29.3. The maximum atomic E-state index is 14.0. The number of hydrogen-bond acceptors (Lipinski definition) is 8. The number of alkyl carbamates (subject to hydrolysis) is 1. The Labute approximate surface area is 303 Å². The molecular weight excluding hydrogens is 646 g/mol. The van der Waals surface area contributed by atoms with Crippen molar-refractivity contribution in [2.75, 3.05) is 39.5 Å². The molecule has 0 aromatic heterocycles. The zero-order chi connectivity index (χ0) is 36.2. The average Bonchev–Trinajstić information content (AvgIpc) is 3.42. The second-order valence-corrected chi connectivity index (χ2v) is 15.5. The fourth-order valence-corrected chi connectivity index (χ4v) is 7.50. The molecule has 2 amide bonds. The molecule has 5 rings (SSSR count). The van der Waals surface area contributed by atoms with E-state index in [1.165, 1.54) is 6.42 Å². The Kier molecular flexibility index (Phi) is 14.4. The second kappa shape index (κ2) is 18.9. The van der Waals surface area contributed by atoms with Crippen LogP contribution >= 0.6 is 0 Å². The number of benzene rings is 2. The van der Waals surface area contributed by atoms with Crippen molar-refractivity contribution in [2.45, 2.75) is 108 Å². The molecule has 0 spiro atoms. The summed E-state index contributed by atoms with van der Waals surface area (Å²) >= 11 is 0. The number of morpholine rings is 1. The molecule has 2 aromatic rings. The molecule has 2 aliphatic carbocycles. The molecule has 10 nitrogen and oxygen atoms in total. The number of ether oxygens (including phenoxy) is 3. The smallest absolute Gasteiger partial charge is 0.407 e. The van der Waals surface area contributed by atoms with Crippen LogP contribution in [0.3, 0.4) is 0 Å². The summed E-state index contributed by atoms with van der Waals surface area (Å²) in [6.45, 7) is 10.3. The van der Waals surface area contributed by atoms with Gasteiger partial charge in [0.2, 0.25) is 5.91 Å². The molecule has 1 heterocycles. The van der Waals surface area contributed by atoms with Gasteiger partial charge in [0.1, 0.15) is 18.0 Å². The number of aliphatic hydroxyl groups excluding tert-OH is 2. The Morgan fingerprint density at radius 1 is 1.04 bits per heavy atom. The number of fused-ring (bicyclic) bond motifs is 1. The Balaban J connectivity index is 1.26. The highest BCUT2D eigenvalue weighted by atomic mass is 16.6. The molecule has 4 N–H and O–H groups in total. The number of amides is 2. The maximum absolute atomic E-state index is 14.0. The minimum absolute atomic E-state index is 0.143. The van der Waals surface area contributed by atoms with Crippen LogP contribution in [-0.4, -0.2) is 90.4 Å². The van der Waals surface area contributed by atoms with Crippen molar-refractivity contribution in [3.05, 3.63) is 71.3 Å². The van der Waals surface area contributed by atoms with Crippen molar-refractivity contribution in [3.63, 3.8) is 0 Å². The summed E-state index contributed by atoms with van der Waals surface area (Å²) in [5, 5.41) is 28.7. The monoisotopic (exact) mass is 705 g/mol. The lowest BCUT2D eigenvalue weighted by Gasteiger charge is -2.32. The van der Waals surface area contributed by atoms with Crippen LogP contribution in [0.5, 0.6) is 5.75 Å². The number of hydrogen-bond donors (Lipinski definition) is 4. The molecule has 3 aliphatic rings.